The summed E-state index contributed by atoms with van der Waals surface area (Å²) in [7, 11) is 0. The Morgan fingerprint density at radius 2 is 1.35 bits per heavy atom. The lowest BCUT2D eigenvalue weighted by molar-refractivity contribution is -0.161. The van der Waals surface area contributed by atoms with E-state index in [1.807, 2.05) is 79.7 Å². The van der Waals surface area contributed by atoms with E-state index in [2.05, 4.69) is 41.7 Å². The standard InChI is InChI=1S/C30H25NO3/c1-29(27-20-21-12-8-9-17-24(21)28(32)33-27)31-26-19-11-10-18-25(26)30(34-29,22-13-4-2-5-14-22)23-15-6-3-7-16-23/h2-19,27,31H,20H2,1H3. The number of esters is 1. The first kappa shape index (κ1) is 20.7. The number of anilines is 1. The predicted octanol–water partition coefficient (Wildman–Crippen LogP) is 5.92. The molecule has 2 aliphatic heterocycles. The van der Waals surface area contributed by atoms with Crippen molar-refractivity contribution in [2.24, 2.45) is 0 Å². The maximum Gasteiger partial charge on any atom is 0.338 e. The van der Waals surface area contributed by atoms with Gasteiger partial charge in [0.15, 0.2) is 11.8 Å². The summed E-state index contributed by atoms with van der Waals surface area (Å²) in [4.78, 5) is 12.9. The summed E-state index contributed by atoms with van der Waals surface area (Å²) in [5.74, 6) is -0.317. The number of benzene rings is 4. The van der Waals surface area contributed by atoms with Gasteiger partial charge in [0.25, 0.3) is 0 Å². The van der Waals surface area contributed by atoms with Gasteiger partial charge >= 0.3 is 5.97 Å². The zero-order chi connectivity index (χ0) is 23.2. The Hall–Kier alpha value is -3.89. The molecule has 0 saturated heterocycles. The van der Waals surface area contributed by atoms with Gasteiger partial charge in [-0.25, -0.2) is 4.79 Å². The van der Waals surface area contributed by atoms with Crippen molar-refractivity contribution >= 4 is 11.7 Å². The summed E-state index contributed by atoms with van der Waals surface area (Å²) in [6.07, 6.45) is 0.0443. The third-order valence-electron chi connectivity index (χ3n) is 6.92. The molecule has 4 nitrogen and oxygen atoms in total. The second-order valence-corrected chi connectivity index (χ2v) is 9.05. The molecule has 1 N–H and O–H groups in total. The van der Waals surface area contributed by atoms with Crippen LogP contribution in [0.15, 0.2) is 109 Å². The lowest BCUT2D eigenvalue weighted by Gasteiger charge is -2.52. The van der Waals surface area contributed by atoms with Crippen LogP contribution in [0.2, 0.25) is 0 Å². The first-order valence-corrected chi connectivity index (χ1v) is 11.6. The van der Waals surface area contributed by atoms with Crippen molar-refractivity contribution in [2.75, 3.05) is 5.32 Å². The molecular weight excluding hydrogens is 422 g/mol. The molecule has 4 heteroatoms. The number of nitrogens with one attached hydrogen (secondary N) is 1. The van der Waals surface area contributed by atoms with Gasteiger partial charge in [0, 0.05) is 17.7 Å². The largest absolute Gasteiger partial charge is 0.453 e. The maximum atomic E-state index is 12.9. The van der Waals surface area contributed by atoms with Crippen molar-refractivity contribution in [3.8, 4) is 0 Å². The van der Waals surface area contributed by atoms with Gasteiger partial charge in [0.05, 0.1) is 5.56 Å². The van der Waals surface area contributed by atoms with Crippen molar-refractivity contribution in [1.82, 2.24) is 0 Å². The minimum Gasteiger partial charge on any atom is -0.453 e. The molecule has 2 aliphatic rings. The molecule has 0 amide bonds. The topological polar surface area (TPSA) is 47.6 Å². The van der Waals surface area contributed by atoms with E-state index in [0.29, 0.717) is 12.0 Å². The van der Waals surface area contributed by atoms with Crippen LogP contribution >= 0.6 is 0 Å². The van der Waals surface area contributed by atoms with Crippen LogP contribution in [0.1, 0.15) is 39.5 Å². The van der Waals surface area contributed by atoms with Crippen LogP contribution in [0, 0.1) is 0 Å². The monoisotopic (exact) mass is 447 g/mol. The first-order chi connectivity index (χ1) is 16.6. The number of ether oxygens (including phenoxy) is 2. The van der Waals surface area contributed by atoms with Crippen LogP contribution in [0.5, 0.6) is 0 Å². The molecule has 0 aromatic heterocycles. The highest BCUT2D eigenvalue weighted by molar-refractivity contribution is 5.92. The molecule has 2 unspecified atom stereocenters. The van der Waals surface area contributed by atoms with Crippen molar-refractivity contribution in [2.45, 2.75) is 30.8 Å². The van der Waals surface area contributed by atoms with Crippen molar-refractivity contribution < 1.29 is 14.3 Å². The minimum absolute atomic E-state index is 0.317. The smallest absolute Gasteiger partial charge is 0.338 e. The van der Waals surface area contributed by atoms with E-state index in [4.69, 9.17) is 9.47 Å². The number of carbonyl (C=O) groups excluding carboxylic acids is 1. The molecule has 0 spiro atoms. The molecule has 0 bridgehead atoms. The van der Waals surface area contributed by atoms with Crippen molar-refractivity contribution in [3.63, 3.8) is 0 Å². The predicted molar refractivity (Wildman–Crippen MR) is 132 cm³/mol. The molecule has 2 atom stereocenters. The van der Waals surface area contributed by atoms with Gasteiger partial charge in [-0.1, -0.05) is 97.1 Å². The van der Waals surface area contributed by atoms with E-state index < -0.39 is 17.4 Å². The zero-order valence-electron chi connectivity index (χ0n) is 18.9. The Morgan fingerprint density at radius 3 is 2.06 bits per heavy atom. The summed E-state index contributed by atoms with van der Waals surface area (Å²) in [6.45, 7) is 1.98. The van der Waals surface area contributed by atoms with E-state index in [9.17, 15) is 4.79 Å². The SMILES string of the molecule is CC1(C2Cc3ccccc3C(=O)O2)Nc2ccccc2C(c2ccccc2)(c2ccccc2)O1. The molecule has 168 valence electrons. The molecule has 4 aromatic rings. The quantitative estimate of drug-likeness (QED) is 0.396. The average Bonchev–Trinajstić information content (AvgIpc) is 2.89. The van der Waals surface area contributed by atoms with Gasteiger partial charge < -0.3 is 14.8 Å². The van der Waals surface area contributed by atoms with Gasteiger partial charge in [0.1, 0.15) is 5.60 Å². The fourth-order valence-corrected chi connectivity index (χ4v) is 5.29. The van der Waals surface area contributed by atoms with E-state index in [0.717, 1.165) is 27.9 Å². The third kappa shape index (κ3) is 3.14. The number of hydrogen-bond acceptors (Lipinski definition) is 4. The second-order valence-electron chi connectivity index (χ2n) is 9.05. The first-order valence-electron chi connectivity index (χ1n) is 11.6. The Kier molecular flexibility index (Phi) is 4.78. The van der Waals surface area contributed by atoms with Crippen LogP contribution in [0.25, 0.3) is 0 Å². The molecular formula is C30H25NO3. The molecule has 4 aromatic carbocycles. The molecule has 0 fully saturated rings. The maximum absolute atomic E-state index is 12.9. The van der Waals surface area contributed by atoms with Crippen molar-refractivity contribution in [1.29, 1.82) is 0 Å². The van der Waals surface area contributed by atoms with E-state index in [1.54, 1.807) is 0 Å². The van der Waals surface area contributed by atoms with Crippen LogP contribution in [0.3, 0.4) is 0 Å². The third-order valence-corrected chi connectivity index (χ3v) is 6.92. The Bertz CT molecular complexity index is 1310. The van der Waals surface area contributed by atoms with Crippen LogP contribution in [-0.4, -0.2) is 17.8 Å². The summed E-state index contributed by atoms with van der Waals surface area (Å²) < 4.78 is 13.2. The van der Waals surface area contributed by atoms with Gasteiger partial charge in [-0.15, -0.1) is 0 Å². The van der Waals surface area contributed by atoms with Gasteiger partial charge in [-0.2, -0.15) is 0 Å². The van der Waals surface area contributed by atoms with Crippen LogP contribution < -0.4 is 5.32 Å². The molecule has 2 heterocycles. The van der Waals surface area contributed by atoms with Gasteiger partial charge in [0.2, 0.25) is 0 Å². The minimum atomic E-state index is -0.983. The molecule has 0 radical (unpaired) electrons. The van der Waals surface area contributed by atoms with Crippen LogP contribution in [0.4, 0.5) is 5.69 Å². The van der Waals surface area contributed by atoms with E-state index in [1.165, 1.54) is 0 Å². The normalized spacial score (nSPS) is 22.6. The lowest BCUT2D eigenvalue weighted by Crippen LogP contribution is -2.60. The lowest BCUT2D eigenvalue weighted by atomic mass is 9.77. The number of cyclic esters (lactones) is 1. The number of hydrogen-bond donors (Lipinski definition) is 1. The van der Waals surface area contributed by atoms with E-state index in [-0.39, 0.29) is 5.97 Å². The Morgan fingerprint density at radius 1 is 0.765 bits per heavy atom. The summed E-state index contributed by atoms with van der Waals surface area (Å²) in [5.41, 5.74) is 3.74. The van der Waals surface area contributed by atoms with Gasteiger partial charge in [-0.3, -0.25) is 0 Å². The zero-order valence-corrected chi connectivity index (χ0v) is 18.9. The summed E-state index contributed by atoms with van der Waals surface area (Å²) in [6, 6.07) is 36.4. The highest BCUT2D eigenvalue weighted by Crippen LogP contribution is 2.51. The second kappa shape index (κ2) is 7.86. The Labute approximate surface area is 199 Å². The average molecular weight is 448 g/mol. The highest BCUT2D eigenvalue weighted by Gasteiger charge is 2.53. The van der Waals surface area contributed by atoms with E-state index >= 15 is 0 Å². The fraction of sp³-hybridized carbons (Fsp3) is 0.167. The number of rotatable bonds is 3. The molecule has 6 rings (SSSR count). The summed E-state index contributed by atoms with van der Waals surface area (Å²) in [5, 5.41) is 3.59. The number of carbonyl (C=O) groups is 1. The van der Waals surface area contributed by atoms with Crippen molar-refractivity contribution in [3.05, 3.63) is 137 Å². The highest BCUT2D eigenvalue weighted by atomic mass is 16.6. The van der Waals surface area contributed by atoms with Crippen LogP contribution in [-0.2, 0) is 21.5 Å². The molecule has 0 aliphatic carbocycles. The molecule has 34 heavy (non-hydrogen) atoms. The Balaban J connectivity index is 1.55. The number of para-hydroxylation sites is 1. The summed E-state index contributed by atoms with van der Waals surface area (Å²) >= 11 is 0. The molecule has 0 saturated carbocycles. The van der Waals surface area contributed by atoms with Gasteiger partial charge in [-0.05, 0) is 35.7 Å². The number of fused-ring (bicyclic) bond motifs is 2. The fourth-order valence-electron chi connectivity index (χ4n) is 5.29.